The maximum Gasteiger partial charge on any atom is 0.253 e. The number of hydrogen-bond donors (Lipinski definition) is 2. The van der Waals surface area contributed by atoms with E-state index in [1.807, 2.05) is 6.92 Å². The monoisotopic (exact) mass is 447 g/mol. The number of nitrogens with zero attached hydrogens (tertiary/aromatic N) is 1. The zero-order valence-corrected chi connectivity index (χ0v) is 19.0. The molecule has 9 heteroatoms. The predicted molar refractivity (Wildman–Crippen MR) is 122 cm³/mol. The highest BCUT2D eigenvalue weighted by atomic mass is 32.2. The highest BCUT2D eigenvalue weighted by molar-refractivity contribution is 7.92. The van der Waals surface area contributed by atoms with Crippen LogP contribution in [-0.4, -0.2) is 46.2 Å². The van der Waals surface area contributed by atoms with E-state index in [-0.39, 0.29) is 12.3 Å². The van der Waals surface area contributed by atoms with Crippen LogP contribution in [0.5, 0.6) is 5.75 Å². The van der Waals surface area contributed by atoms with E-state index in [1.165, 1.54) is 7.11 Å². The summed E-state index contributed by atoms with van der Waals surface area (Å²) in [6.07, 6.45) is 2.05. The lowest BCUT2D eigenvalue weighted by atomic mass is 10.1. The Hall–Kier alpha value is -3.07. The number of para-hydroxylation sites is 1. The third-order valence-corrected chi connectivity index (χ3v) is 5.78. The normalized spacial score (nSPS) is 12.0. The minimum absolute atomic E-state index is 0.223. The maximum absolute atomic E-state index is 13.2. The molecule has 0 aliphatic carbocycles. The Kier molecular flexibility index (Phi) is 8.44. The van der Waals surface area contributed by atoms with Crippen LogP contribution in [-0.2, 0) is 14.8 Å². The molecule has 8 nitrogen and oxygen atoms in total. The molecule has 2 rings (SSSR count). The summed E-state index contributed by atoms with van der Waals surface area (Å²) < 4.78 is 31.5. The molecule has 0 aromatic heterocycles. The summed E-state index contributed by atoms with van der Waals surface area (Å²) in [6.45, 7) is 4.18. The molecule has 0 saturated heterocycles. The molecule has 2 N–H and O–H groups in total. The summed E-state index contributed by atoms with van der Waals surface area (Å²) in [6, 6.07) is 12.1. The van der Waals surface area contributed by atoms with Crippen molar-refractivity contribution in [3.05, 3.63) is 54.1 Å². The summed E-state index contributed by atoms with van der Waals surface area (Å²) in [5.41, 5.74) is 0.947. The van der Waals surface area contributed by atoms with Gasteiger partial charge in [-0.05, 0) is 37.1 Å². The van der Waals surface area contributed by atoms with Gasteiger partial charge in [-0.25, -0.2) is 8.42 Å². The van der Waals surface area contributed by atoms with Gasteiger partial charge in [-0.1, -0.05) is 32.0 Å². The Morgan fingerprint density at radius 3 is 2.42 bits per heavy atom. The molecule has 168 valence electrons. The first kappa shape index (κ1) is 24.2. The van der Waals surface area contributed by atoms with Crippen molar-refractivity contribution < 1.29 is 22.7 Å². The molecule has 2 amide bonds. The first-order chi connectivity index (χ1) is 14.7. The zero-order chi connectivity index (χ0) is 23.0. The first-order valence-corrected chi connectivity index (χ1v) is 11.9. The van der Waals surface area contributed by atoms with Crippen LogP contribution in [0.15, 0.2) is 48.5 Å². The summed E-state index contributed by atoms with van der Waals surface area (Å²) in [5.74, 6) is -0.371. The van der Waals surface area contributed by atoms with Crippen LogP contribution in [0, 0.1) is 0 Å². The molecule has 0 heterocycles. The molecule has 31 heavy (non-hydrogen) atoms. The van der Waals surface area contributed by atoms with E-state index < -0.39 is 22.0 Å². The Bertz CT molecular complexity index is 1020. The number of amides is 2. The van der Waals surface area contributed by atoms with E-state index in [0.29, 0.717) is 29.2 Å². The van der Waals surface area contributed by atoms with Gasteiger partial charge in [0.1, 0.15) is 11.8 Å². The predicted octanol–water partition coefficient (Wildman–Crippen LogP) is 3.02. The Labute approximate surface area is 183 Å². The van der Waals surface area contributed by atoms with Crippen LogP contribution in [0.4, 0.5) is 11.4 Å². The second kappa shape index (κ2) is 10.8. The fraction of sp³-hybridized carbons (Fsp3) is 0.364. The van der Waals surface area contributed by atoms with Gasteiger partial charge in [0.15, 0.2) is 0 Å². The van der Waals surface area contributed by atoms with E-state index in [4.69, 9.17) is 4.74 Å². The van der Waals surface area contributed by atoms with Crippen LogP contribution < -0.4 is 19.7 Å². The maximum atomic E-state index is 13.2. The summed E-state index contributed by atoms with van der Waals surface area (Å²) in [7, 11) is -2.31. The number of carbonyl (C=O) groups excluding carboxylic acids is 2. The SMILES string of the molecule is CCCNC(=O)c1ccccc1NC(=O)[C@H](CC)N(c1cccc(OC)c1)S(C)(=O)=O. The molecule has 0 fully saturated rings. The summed E-state index contributed by atoms with van der Waals surface area (Å²) >= 11 is 0. The van der Waals surface area contributed by atoms with Crippen molar-refractivity contribution in [2.75, 3.05) is 29.5 Å². The summed E-state index contributed by atoms with van der Waals surface area (Å²) in [4.78, 5) is 25.6. The van der Waals surface area contributed by atoms with Crippen molar-refractivity contribution in [2.24, 2.45) is 0 Å². The lowest BCUT2D eigenvalue weighted by Crippen LogP contribution is -2.47. The number of sulfonamides is 1. The standard InChI is InChI=1S/C22H29N3O5S/c1-5-14-23-21(26)18-12-7-8-13-19(18)24-22(27)20(6-2)25(31(4,28)29)16-10-9-11-17(15-16)30-3/h7-13,15,20H,5-6,14H2,1-4H3,(H,23,26)(H,24,27)/t20-/m0/s1. The average molecular weight is 448 g/mol. The van der Waals surface area contributed by atoms with Crippen LogP contribution >= 0.6 is 0 Å². The molecular weight excluding hydrogens is 418 g/mol. The number of carbonyl (C=O) groups is 2. The van der Waals surface area contributed by atoms with Gasteiger partial charge < -0.3 is 15.4 Å². The van der Waals surface area contributed by atoms with E-state index in [0.717, 1.165) is 17.0 Å². The molecule has 0 aliphatic heterocycles. The van der Waals surface area contributed by atoms with Crippen molar-refractivity contribution in [1.29, 1.82) is 0 Å². The number of benzene rings is 2. The molecule has 1 atom stereocenters. The fourth-order valence-electron chi connectivity index (χ4n) is 3.15. The number of nitrogens with one attached hydrogen (secondary N) is 2. The Morgan fingerprint density at radius 1 is 1.10 bits per heavy atom. The van der Waals surface area contributed by atoms with Crippen molar-refractivity contribution in [3.8, 4) is 5.75 Å². The molecule has 0 radical (unpaired) electrons. The molecule has 2 aromatic rings. The lowest BCUT2D eigenvalue weighted by molar-refractivity contribution is -0.117. The fourth-order valence-corrected chi connectivity index (χ4v) is 4.35. The molecule has 0 saturated carbocycles. The van der Waals surface area contributed by atoms with Crippen LogP contribution in [0.1, 0.15) is 37.0 Å². The van der Waals surface area contributed by atoms with Crippen molar-refractivity contribution in [3.63, 3.8) is 0 Å². The van der Waals surface area contributed by atoms with Crippen LogP contribution in [0.3, 0.4) is 0 Å². The van der Waals surface area contributed by atoms with Crippen molar-refractivity contribution >= 4 is 33.2 Å². The number of ether oxygens (including phenoxy) is 1. The highest BCUT2D eigenvalue weighted by Crippen LogP contribution is 2.27. The Morgan fingerprint density at radius 2 is 1.81 bits per heavy atom. The minimum Gasteiger partial charge on any atom is -0.497 e. The van der Waals surface area contributed by atoms with E-state index in [2.05, 4.69) is 10.6 Å². The average Bonchev–Trinajstić information content (AvgIpc) is 2.75. The molecule has 0 unspecified atom stereocenters. The lowest BCUT2D eigenvalue weighted by Gasteiger charge is -2.30. The van der Waals surface area contributed by atoms with Gasteiger partial charge in [-0.3, -0.25) is 13.9 Å². The van der Waals surface area contributed by atoms with Crippen LogP contribution in [0.2, 0.25) is 0 Å². The molecular formula is C22H29N3O5S. The third-order valence-electron chi connectivity index (χ3n) is 4.60. The smallest absolute Gasteiger partial charge is 0.253 e. The van der Waals surface area contributed by atoms with Gasteiger partial charge in [-0.2, -0.15) is 0 Å². The molecule has 0 aliphatic rings. The van der Waals surface area contributed by atoms with Gasteiger partial charge in [-0.15, -0.1) is 0 Å². The van der Waals surface area contributed by atoms with Gasteiger partial charge in [0.25, 0.3) is 5.91 Å². The minimum atomic E-state index is -3.79. The topological polar surface area (TPSA) is 105 Å². The molecule has 0 spiro atoms. The second-order valence-corrected chi connectivity index (χ2v) is 8.83. The summed E-state index contributed by atoms with van der Waals surface area (Å²) in [5, 5.41) is 5.51. The van der Waals surface area contributed by atoms with E-state index in [9.17, 15) is 18.0 Å². The first-order valence-electron chi connectivity index (χ1n) is 10.0. The number of hydrogen-bond acceptors (Lipinski definition) is 5. The largest absolute Gasteiger partial charge is 0.497 e. The number of rotatable bonds is 10. The number of anilines is 2. The molecule has 2 aromatic carbocycles. The molecule has 0 bridgehead atoms. The van der Waals surface area contributed by atoms with Gasteiger partial charge in [0.2, 0.25) is 15.9 Å². The van der Waals surface area contributed by atoms with Gasteiger partial charge in [0.05, 0.1) is 30.3 Å². The Balaban J connectivity index is 2.38. The van der Waals surface area contributed by atoms with Crippen LogP contribution in [0.25, 0.3) is 0 Å². The quantitative estimate of drug-likeness (QED) is 0.583. The second-order valence-electron chi connectivity index (χ2n) is 6.98. The number of methoxy groups -OCH3 is 1. The van der Waals surface area contributed by atoms with E-state index in [1.54, 1.807) is 55.5 Å². The van der Waals surface area contributed by atoms with Gasteiger partial charge >= 0.3 is 0 Å². The van der Waals surface area contributed by atoms with Crippen molar-refractivity contribution in [1.82, 2.24) is 5.32 Å². The highest BCUT2D eigenvalue weighted by Gasteiger charge is 2.32. The van der Waals surface area contributed by atoms with Gasteiger partial charge in [0, 0.05) is 12.6 Å². The van der Waals surface area contributed by atoms with Crippen molar-refractivity contribution in [2.45, 2.75) is 32.7 Å². The third kappa shape index (κ3) is 6.21. The zero-order valence-electron chi connectivity index (χ0n) is 18.2. The van der Waals surface area contributed by atoms with E-state index >= 15 is 0 Å².